The van der Waals surface area contributed by atoms with Gasteiger partial charge in [0.15, 0.2) is 46.5 Å². The van der Waals surface area contributed by atoms with E-state index in [4.69, 9.17) is 0 Å². The summed E-state index contributed by atoms with van der Waals surface area (Å²) >= 11 is 4.78. The van der Waals surface area contributed by atoms with Crippen LogP contribution in [0.5, 0.6) is 0 Å². The second-order valence-corrected chi connectivity index (χ2v) is 16.1. The predicted molar refractivity (Wildman–Crippen MR) is 199 cm³/mol. The molecule has 0 bridgehead atoms. The molecule has 0 radical (unpaired) electrons. The van der Waals surface area contributed by atoms with E-state index in [1.54, 1.807) is 12.1 Å². The first-order valence-corrected chi connectivity index (χ1v) is 18.9. The molecule has 10 aromatic rings. The fourth-order valence-electron chi connectivity index (χ4n) is 7.04. The first-order chi connectivity index (χ1) is 25.1. The molecule has 254 valence electrons. The van der Waals surface area contributed by atoms with E-state index >= 15 is 35.1 Å². The average Bonchev–Trinajstić information content (AvgIpc) is 3.96. The molecule has 0 spiro atoms. The zero-order valence-electron chi connectivity index (χ0n) is 25.7. The van der Waals surface area contributed by atoms with Crippen molar-refractivity contribution in [2.24, 2.45) is 0 Å². The topological polar surface area (TPSA) is 0 Å². The third-order valence-corrected chi connectivity index (χ3v) is 13.8. The molecule has 4 heterocycles. The van der Waals surface area contributed by atoms with E-state index in [0.29, 0.717) is 20.2 Å². The van der Waals surface area contributed by atoms with Crippen LogP contribution in [-0.2, 0) is 0 Å². The van der Waals surface area contributed by atoms with Gasteiger partial charge in [-0.3, -0.25) is 0 Å². The van der Waals surface area contributed by atoms with Gasteiger partial charge in [0.1, 0.15) is 0 Å². The van der Waals surface area contributed by atoms with Crippen molar-refractivity contribution in [2.45, 2.75) is 0 Å². The van der Waals surface area contributed by atoms with Crippen molar-refractivity contribution >= 4 is 107 Å². The third-order valence-electron chi connectivity index (χ3n) is 9.46. The molecule has 0 fully saturated rings. The largest absolute Gasteiger partial charge is 0.203 e. The lowest BCUT2D eigenvalue weighted by Crippen LogP contribution is -2.09. The molecular weight excluding hydrogens is 761 g/mol. The van der Waals surface area contributed by atoms with Gasteiger partial charge in [-0.1, -0.05) is 48.5 Å². The Morgan fingerprint density at radius 3 is 0.981 bits per heavy atom. The summed E-state index contributed by atoms with van der Waals surface area (Å²) in [5.74, 6) is -16.7. The van der Waals surface area contributed by atoms with Crippen LogP contribution in [0.1, 0.15) is 0 Å². The lowest BCUT2D eigenvalue weighted by Gasteiger charge is -2.15. The van der Waals surface area contributed by atoms with Crippen molar-refractivity contribution in [2.75, 3.05) is 0 Å². The van der Waals surface area contributed by atoms with Crippen molar-refractivity contribution in [3.8, 4) is 32.0 Å². The van der Waals surface area contributed by atoms with Gasteiger partial charge >= 0.3 is 0 Å². The maximum Gasteiger partial charge on any atom is 0.171 e. The lowest BCUT2D eigenvalue weighted by atomic mass is 9.96. The first-order valence-electron chi connectivity index (χ1n) is 15.5. The van der Waals surface area contributed by atoms with Crippen LogP contribution in [0.2, 0.25) is 0 Å². The summed E-state index contributed by atoms with van der Waals surface area (Å²) in [5.41, 5.74) is -6.01. The first kappa shape index (κ1) is 31.8. The van der Waals surface area contributed by atoms with E-state index in [2.05, 4.69) is 0 Å². The highest BCUT2D eigenvalue weighted by Crippen LogP contribution is 2.48. The molecule has 0 amide bonds. The number of halogens is 8. The summed E-state index contributed by atoms with van der Waals surface area (Å²) in [7, 11) is 0. The molecule has 0 saturated heterocycles. The SMILES string of the molecule is Fc1c(F)c(-c2c(F)c(F)c(-c3cc4ccc5c(ccc6ccsc65)c4s3)c(F)c2F)c(F)c(F)c1-c1cc2ccc3c(ccc4ccsc43)c2s1. The van der Waals surface area contributed by atoms with Gasteiger partial charge in [-0.25, -0.2) is 35.1 Å². The maximum absolute atomic E-state index is 15.8. The molecule has 0 saturated carbocycles. The molecule has 0 nitrogen and oxygen atoms in total. The van der Waals surface area contributed by atoms with Gasteiger partial charge in [0, 0.05) is 50.1 Å². The highest BCUT2D eigenvalue weighted by atomic mass is 32.1. The molecule has 0 aliphatic carbocycles. The fraction of sp³-hybridized carbons (Fsp3) is 0. The second kappa shape index (κ2) is 11.3. The van der Waals surface area contributed by atoms with Crippen LogP contribution in [-0.4, -0.2) is 0 Å². The number of thiophene rings is 4. The van der Waals surface area contributed by atoms with E-state index in [1.165, 1.54) is 34.8 Å². The molecule has 6 aromatic carbocycles. The van der Waals surface area contributed by atoms with Gasteiger partial charge < -0.3 is 0 Å². The standard InChI is InChI=1S/C40H14F8S4/c41-29-25(23-13-17-3-7-19-21(39(17)51-23)5-1-15-9-11-49-37(15)19)30(42)34(46)27(33(29)45)28-35(47)31(43)26(32(44)36(28)48)24-14-18-4-8-20-22(40(18)52-24)6-2-16-10-12-50-38(16)20/h1-14H. The zero-order valence-corrected chi connectivity index (χ0v) is 29.0. The van der Waals surface area contributed by atoms with E-state index in [9.17, 15) is 0 Å². The van der Waals surface area contributed by atoms with E-state index < -0.39 is 68.8 Å². The molecule has 0 unspecified atom stereocenters. The Labute approximate surface area is 303 Å². The lowest BCUT2D eigenvalue weighted by molar-refractivity contribution is 0.446. The molecule has 4 aromatic heterocycles. The number of hydrogen-bond donors (Lipinski definition) is 0. The van der Waals surface area contributed by atoms with Gasteiger partial charge in [0.05, 0.1) is 22.3 Å². The van der Waals surface area contributed by atoms with Crippen molar-refractivity contribution in [1.82, 2.24) is 0 Å². The number of rotatable bonds is 3. The van der Waals surface area contributed by atoms with Gasteiger partial charge in [-0.2, -0.15) is 0 Å². The average molecular weight is 775 g/mol. The van der Waals surface area contributed by atoms with Gasteiger partial charge in [-0.15, -0.1) is 45.3 Å². The molecule has 0 aliphatic heterocycles. The Hall–Kier alpha value is -4.88. The summed E-state index contributed by atoms with van der Waals surface area (Å²) in [6.45, 7) is 0. The maximum atomic E-state index is 15.8. The third kappa shape index (κ3) is 4.29. The normalized spacial score (nSPS) is 12.2. The fourth-order valence-corrected chi connectivity index (χ4v) is 11.3. The molecule has 52 heavy (non-hydrogen) atoms. The highest BCUT2D eigenvalue weighted by Gasteiger charge is 2.35. The molecule has 0 aliphatic rings. The van der Waals surface area contributed by atoms with E-state index in [1.807, 2.05) is 59.3 Å². The van der Waals surface area contributed by atoms with Crippen molar-refractivity contribution < 1.29 is 35.1 Å². The second-order valence-electron chi connectivity index (χ2n) is 12.2. The highest BCUT2D eigenvalue weighted by molar-refractivity contribution is 7.24. The summed E-state index contributed by atoms with van der Waals surface area (Å²) in [6, 6.07) is 21.2. The molecule has 12 heteroatoms. The van der Waals surface area contributed by atoms with Gasteiger partial charge in [-0.05, 0) is 56.6 Å². The molecule has 0 atom stereocenters. The number of hydrogen-bond acceptors (Lipinski definition) is 4. The molecule has 10 rings (SSSR count). The summed E-state index contributed by atoms with van der Waals surface area (Å²) < 4.78 is 130. The molecular formula is C40H14F8S4. The van der Waals surface area contributed by atoms with Crippen LogP contribution in [0.15, 0.2) is 83.6 Å². The van der Waals surface area contributed by atoms with Crippen LogP contribution in [0, 0.1) is 46.5 Å². The Balaban J connectivity index is 1.12. The number of benzene rings is 6. The van der Waals surface area contributed by atoms with Gasteiger partial charge in [0.2, 0.25) is 0 Å². The van der Waals surface area contributed by atoms with Crippen molar-refractivity contribution in [1.29, 1.82) is 0 Å². The molecule has 0 N–H and O–H groups in total. The quantitative estimate of drug-likeness (QED) is 0.124. The van der Waals surface area contributed by atoms with Crippen LogP contribution < -0.4 is 0 Å². The zero-order chi connectivity index (χ0) is 35.7. The number of fused-ring (bicyclic) bond motifs is 10. The minimum Gasteiger partial charge on any atom is -0.203 e. The van der Waals surface area contributed by atoms with Crippen LogP contribution >= 0.6 is 45.3 Å². The van der Waals surface area contributed by atoms with Crippen molar-refractivity contribution in [3.05, 3.63) is 130 Å². The Kier molecular flexibility index (Phi) is 6.92. The van der Waals surface area contributed by atoms with Crippen molar-refractivity contribution in [3.63, 3.8) is 0 Å². The summed E-state index contributed by atoms with van der Waals surface area (Å²) in [6.07, 6.45) is 0. The van der Waals surface area contributed by atoms with Crippen LogP contribution in [0.4, 0.5) is 35.1 Å². The van der Waals surface area contributed by atoms with E-state index in [-0.39, 0.29) is 9.75 Å². The Morgan fingerprint density at radius 1 is 0.308 bits per heavy atom. The van der Waals surface area contributed by atoms with Crippen LogP contribution in [0.3, 0.4) is 0 Å². The van der Waals surface area contributed by atoms with Crippen LogP contribution in [0.25, 0.3) is 93.9 Å². The van der Waals surface area contributed by atoms with Gasteiger partial charge in [0.25, 0.3) is 0 Å². The van der Waals surface area contributed by atoms with E-state index in [0.717, 1.165) is 64.4 Å². The smallest absolute Gasteiger partial charge is 0.171 e. The Bertz CT molecular complexity index is 2910. The Morgan fingerprint density at radius 2 is 0.615 bits per heavy atom. The summed E-state index contributed by atoms with van der Waals surface area (Å²) in [4.78, 5) is -0.391. The predicted octanol–water partition coefficient (Wildman–Crippen LogP) is 15.0. The monoisotopic (exact) mass is 774 g/mol. The minimum atomic E-state index is -2.20. The summed E-state index contributed by atoms with van der Waals surface area (Å²) in [5, 5.41) is 10.2. The minimum absolute atomic E-state index is 0.195.